The summed E-state index contributed by atoms with van der Waals surface area (Å²) < 4.78 is 5.84. The summed E-state index contributed by atoms with van der Waals surface area (Å²) >= 11 is 6.41. The van der Waals surface area contributed by atoms with Crippen LogP contribution in [0.25, 0.3) is 0 Å². The van der Waals surface area contributed by atoms with Crippen molar-refractivity contribution in [1.29, 1.82) is 10.5 Å². The van der Waals surface area contributed by atoms with Crippen LogP contribution in [-0.2, 0) is 0 Å². The second-order valence-electron chi connectivity index (χ2n) is 7.28. The van der Waals surface area contributed by atoms with Crippen molar-refractivity contribution in [3.8, 4) is 18.0 Å². The smallest absolute Gasteiger partial charge is 0.253 e. The van der Waals surface area contributed by atoms with Gasteiger partial charge in [-0.25, -0.2) is 0 Å². The highest BCUT2D eigenvalue weighted by molar-refractivity contribution is 6.35. The van der Waals surface area contributed by atoms with Crippen LogP contribution < -0.4 is 10.1 Å². The average molecular weight is 371 g/mol. The van der Waals surface area contributed by atoms with Crippen molar-refractivity contribution in [3.05, 3.63) is 28.8 Å². The fraction of sp³-hybridized carbons (Fsp3) is 0.526. The topological polar surface area (TPSA) is 89.2 Å². The highest BCUT2D eigenvalue weighted by atomic mass is 35.5. The van der Waals surface area contributed by atoms with Gasteiger partial charge in [0, 0.05) is 18.9 Å². The van der Waals surface area contributed by atoms with Crippen molar-refractivity contribution < 1.29 is 9.53 Å². The lowest BCUT2D eigenvalue weighted by Crippen LogP contribution is -2.43. The first-order valence-corrected chi connectivity index (χ1v) is 9.32. The van der Waals surface area contributed by atoms with Crippen LogP contribution in [0.4, 0.5) is 0 Å². The molecule has 7 heteroatoms. The lowest BCUT2D eigenvalue weighted by atomic mass is 9.83. The van der Waals surface area contributed by atoms with Crippen LogP contribution in [0.5, 0.6) is 5.75 Å². The first-order chi connectivity index (χ1) is 12.6. The van der Waals surface area contributed by atoms with Gasteiger partial charge in [0.2, 0.25) is 0 Å². The Bertz CT molecular complexity index is 809. The van der Waals surface area contributed by atoms with Crippen molar-refractivity contribution in [1.82, 2.24) is 10.2 Å². The van der Waals surface area contributed by atoms with Crippen molar-refractivity contribution >= 4 is 17.5 Å². The van der Waals surface area contributed by atoms with E-state index in [4.69, 9.17) is 21.6 Å². The first kappa shape index (κ1) is 17.0. The molecule has 0 aromatic heterocycles. The Labute approximate surface area is 157 Å². The Kier molecular flexibility index (Phi) is 4.38. The summed E-state index contributed by atoms with van der Waals surface area (Å²) in [5, 5.41) is 21.4. The molecule has 1 aliphatic carbocycles. The number of halogens is 1. The molecule has 1 saturated carbocycles. The molecule has 6 nitrogen and oxygen atoms in total. The molecule has 3 aliphatic rings. The summed E-state index contributed by atoms with van der Waals surface area (Å²) in [6, 6.07) is 7.70. The van der Waals surface area contributed by atoms with Gasteiger partial charge in [-0.05, 0) is 31.4 Å². The van der Waals surface area contributed by atoms with E-state index in [-0.39, 0.29) is 36.1 Å². The molecular formula is C19H19ClN4O2. The van der Waals surface area contributed by atoms with Gasteiger partial charge in [0.1, 0.15) is 11.9 Å². The summed E-state index contributed by atoms with van der Waals surface area (Å²) in [6.45, 7) is 0. The van der Waals surface area contributed by atoms with Crippen LogP contribution >= 0.6 is 11.6 Å². The maximum absolute atomic E-state index is 12.7. The molecule has 3 atom stereocenters. The molecule has 2 bridgehead atoms. The molecule has 2 saturated heterocycles. The molecule has 1 aromatic carbocycles. The largest absolute Gasteiger partial charge is 0.489 e. The lowest BCUT2D eigenvalue weighted by Gasteiger charge is -2.31. The summed E-state index contributed by atoms with van der Waals surface area (Å²) in [5.41, 5.74) is 0.381. The number of rotatable bonds is 4. The minimum atomic E-state index is -0.237. The van der Waals surface area contributed by atoms with Crippen molar-refractivity contribution in [3.63, 3.8) is 0 Å². The number of amides is 1. The van der Waals surface area contributed by atoms with E-state index < -0.39 is 0 Å². The second kappa shape index (κ2) is 6.70. The third-order valence-corrected chi connectivity index (χ3v) is 6.14. The Morgan fingerprint density at radius 1 is 1.27 bits per heavy atom. The number of nitrogens with zero attached hydrogens (tertiary/aromatic N) is 3. The van der Waals surface area contributed by atoms with Gasteiger partial charge in [-0.1, -0.05) is 17.7 Å². The van der Waals surface area contributed by atoms with Gasteiger partial charge in [-0.2, -0.15) is 10.5 Å². The van der Waals surface area contributed by atoms with E-state index in [0.717, 1.165) is 19.3 Å². The highest BCUT2D eigenvalue weighted by Crippen LogP contribution is 2.38. The number of hydrogen-bond donors (Lipinski definition) is 1. The maximum Gasteiger partial charge on any atom is 0.253 e. The third-order valence-electron chi connectivity index (χ3n) is 5.75. The second-order valence-corrected chi connectivity index (χ2v) is 7.65. The van der Waals surface area contributed by atoms with E-state index in [9.17, 15) is 10.1 Å². The van der Waals surface area contributed by atoms with Crippen molar-refractivity contribution in [2.24, 2.45) is 5.92 Å². The third kappa shape index (κ3) is 2.85. The van der Waals surface area contributed by atoms with Crippen LogP contribution in [0.1, 0.15) is 42.5 Å². The fourth-order valence-electron chi connectivity index (χ4n) is 4.27. The van der Waals surface area contributed by atoms with E-state index in [2.05, 4.69) is 17.6 Å². The van der Waals surface area contributed by atoms with Gasteiger partial charge >= 0.3 is 0 Å². The van der Waals surface area contributed by atoms with Gasteiger partial charge in [0.25, 0.3) is 5.91 Å². The molecule has 1 amide bonds. The number of benzene rings is 1. The molecule has 0 spiro atoms. The Balaban J connectivity index is 1.43. The Hall–Kier alpha value is -2.44. The minimum absolute atomic E-state index is 0.0229. The summed E-state index contributed by atoms with van der Waals surface area (Å²) in [7, 11) is 0. The van der Waals surface area contributed by atoms with Crippen LogP contribution in [0.2, 0.25) is 5.02 Å². The predicted octanol–water partition coefficient (Wildman–Crippen LogP) is 2.84. The van der Waals surface area contributed by atoms with Gasteiger partial charge in [-0.15, -0.1) is 0 Å². The molecule has 0 unspecified atom stereocenters. The van der Waals surface area contributed by atoms with Gasteiger partial charge in [0.15, 0.2) is 6.19 Å². The summed E-state index contributed by atoms with van der Waals surface area (Å²) in [5.74, 6) is 0.290. The minimum Gasteiger partial charge on any atom is -0.489 e. The zero-order valence-corrected chi connectivity index (χ0v) is 14.9. The van der Waals surface area contributed by atoms with E-state index in [1.54, 1.807) is 18.2 Å². The molecule has 26 heavy (non-hydrogen) atoms. The molecule has 1 N–H and O–H groups in total. The molecule has 4 rings (SSSR count). The predicted molar refractivity (Wildman–Crippen MR) is 94.3 cm³/mol. The number of carbonyl (C=O) groups excluding carboxylic acids is 1. The molecule has 0 radical (unpaired) electrons. The molecule has 3 fully saturated rings. The van der Waals surface area contributed by atoms with Gasteiger partial charge in [0.05, 0.1) is 34.7 Å². The van der Waals surface area contributed by atoms with E-state index in [1.165, 1.54) is 0 Å². The normalized spacial score (nSPS) is 31.7. The zero-order valence-electron chi connectivity index (χ0n) is 14.2. The maximum atomic E-state index is 12.7. The van der Waals surface area contributed by atoms with Crippen LogP contribution in [0, 0.1) is 28.7 Å². The lowest BCUT2D eigenvalue weighted by molar-refractivity contribution is 0.0879. The number of hydrogen-bond acceptors (Lipinski definition) is 5. The fourth-order valence-corrected chi connectivity index (χ4v) is 4.53. The van der Waals surface area contributed by atoms with Crippen LogP contribution in [-0.4, -0.2) is 35.0 Å². The molecular weight excluding hydrogens is 352 g/mol. The SMILES string of the molecule is N#CN1[C@H]2CC[C@@H]1[C@H](NC(=O)c1cccc(O[C@H]3C[C@@H](C#N)C3)c1Cl)C2. The molecule has 1 aromatic rings. The number of fused-ring (bicyclic) bond motifs is 2. The quantitative estimate of drug-likeness (QED) is 0.823. The molecule has 2 heterocycles. The number of nitriles is 2. The first-order valence-electron chi connectivity index (χ1n) is 8.94. The average Bonchev–Trinajstić information content (AvgIpc) is 3.15. The monoisotopic (exact) mass is 370 g/mol. The highest BCUT2D eigenvalue weighted by Gasteiger charge is 2.46. The van der Waals surface area contributed by atoms with Gasteiger partial charge < -0.3 is 15.0 Å². The number of ether oxygens (including phenoxy) is 1. The van der Waals surface area contributed by atoms with Crippen LogP contribution in [0.15, 0.2) is 18.2 Å². The molecule has 2 aliphatic heterocycles. The zero-order chi connectivity index (χ0) is 18.3. The number of carbonyl (C=O) groups is 1. The Morgan fingerprint density at radius 3 is 2.77 bits per heavy atom. The number of nitrogens with one attached hydrogen (secondary N) is 1. The standard InChI is InChI=1S/C19H19ClN4O2/c20-18-14(2-1-3-17(18)26-13-6-11(7-13)9-21)19(25)23-15-8-12-4-5-16(15)24(12)10-22/h1-3,11-13,15-16H,4-8H2,(H,23,25)/t11-,12-,13+,15+,16+/m0/s1. The Morgan fingerprint density at radius 2 is 2.08 bits per heavy atom. The van der Waals surface area contributed by atoms with E-state index in [1.807, 2.05) is 4.90 Å². The van der Waals surface area contributed by atoms with Crippen LogP contribution in [0.3, 0.4) is 0 Å². The summed E-state index contributed by atoms with van der Waals surface area (Å²) in [4.78, 5) is 14.5. The van der Waals surface area contributed by atoms with E-state index in [0.29, 0.717) is 29.2 Å². The van der Waals surface area contributed by atoms with E-state index >= 15 is 0 Å². The van der Waals surface area contributed by atoms with Crippen molar-refractivity contribution in [2.75, 3.05) is 0 Å². The summed E-state index contributed by atoms with van der Waals surface area (Å²) in [6.07, 6.45) is 6.35. The van der Waals surface area contributed by atoms with Gasteiger partial charge in [-0.3, -0.25) is 4.79 Å². The van der Waals surface area contributed by atoms with Crippen molar-refractivity contribution in [2.45, 2.75) is 56.3 Å². The molecule has 134 valence electrons.